The number of allylic oxidation sites excluding steroid dienone is 2. The number of rotatable bonds is 12. The van der Waals surface area contributed by atoms with Gasteiger partial charge in [-0.3, -0.25) is 0 Å². The molecule has 0 rings (SSSR count). The molecule has 0 N–H and O–H groups in total. The smallest absolute Gasteiger partial charge is 0.262 e. The van der Waals surface area contributed by atoms with E-state index in [1.807, 2.05) is 13.8 Å². The van der Waals surface area contributed by atoms with Crippen LogP contribution in [-0.2, 0) is 23.7 Å². The van der Waals surface area contributed by atoms with Crippen LogP contribution in [0.2, 0.25) is 0 Å². The molecule has 0 saturated carbocycles. The second kappa shape index (κ2) is 12.6. The largest absolute Gasteiger partial charge is 0.461 e. The van der Waals surface area contributed by atoms with Gasteiger partial charge in [-0.05, 0) is 13.8 Å². The lowest BCUT2D eigenvalue weighted by molar-refractivity contribution is -0.149. The van der Waals surface area contributed by atoms with E-state index < -0.39 is 12.6 Å². The normalized spacial score (nSPS) is 14.0. The number of hydrogen-bond donors (Lipinski definition) is 0. The SMILES string of the molecule is C=COC(COCC(OC=C)OC=CC)OC=CC. The third-order valence-corrected chi connectivity index (χ3v) is 1.74. The van der Waals surface area contributed by atoms with E-state index in [0.29, 0.717) is 0 Å². The first-order valence-corrected chi connectivity index (χ1v) is 5.92. The van der Waals surface area contributed by atoms with Crippen LogP contribution in [0.15, 0.2) is 50.4 Å². The molecule has 0 aliphatic heterocycles. The zero-order chi connectivity index (χ0) is 14.3. The van der Waals surface area contributed by atoms with Gasteiger partial charge in [-0.2, -0.15) is 0 Å². The van der Waals surface area contributed by atoms with Crippen LogP contribution in [0.1, 0.15) is 13.8 Å². The maximum Gasteiger partial charge on any atom is 0.262 e. The molecule has 0 heterocycles. The molecule has 0 aliphatic rings. The molecule has 0 saturated heterocycles. The summed E-state index contributed by atoms with van der Waals surface area (Å²) in [4.78, 5) is 0. The Morgan fingerprint density at radius 2 is 1.21 bits per heavy atom. The molecular weight excluding hydrogens is 248 g/mol. The maximum atomic E-state index is 5.39. The van der Waals surface area contributed by atoms with Gasteiger partial charge in [0.15, 0.2) is 0 Å². The molecule has 19 heavy (non-hydrogen) atoms. The molecule has 5 nitrogen and oxygen atoms in total. The van der Waals surface area contributed by atoms with Crippen LogP contribution in [0.3, 0.4) is 0 Å². The van der Waals surface area contributed by atoms with Gasteiger partial charge in [-0.1, -0.05) is 25.3 Å². The first kappa shape index (κ1) is 17.1. The predicted octanol–water partition coefficient (Wildman–Crippen LogP) is 3.08. The van der Waals surface area contributed by atoms with Crippen molar-refractivity contribution in [3.63, 3.8) is 0 Å². The van der Waals surface area contributed by atoms with Gasteiger partial charge in [0.25, 0.3) is 12.6 Å². The standard InChI is InChI=1S/C14H22O5/c1-5-9-18-13(16-7-3)11-15-12-14(17-8-4)19-10-6-2/h5-10,13-14H,3-4,11-12H2,1-2H3. The van der Waals surface area contributed by atoms with Crippen molar-refractivity contribution in [1.29, 1.82) is 0 Å². The topological polar surface area (TPSA) is 46.2 Å². The Labute approximate surface area is 114 Å². The molecule has 0 aromatic heterocycles. The monoisotopic (exact) mass is 270 g/mol. The second-order valence-electron chi connectivity index (χ2n) is 3.21. The summed E-state index contributed by atoms with van der Waals surface area (Å²) < 4.78 is 26.1. The van der Waals surface area contributed by atoms with Crippen molar-refractivity contribution in [3.8, 4) is 0 Å². The lowest BCUT2D eigenvalue weighted by Gasteiger charge is -2.19. The molecule has 0 fully saturated rings. The summed E-state index contributed by atoms with van der Waals surface area (Å²) in [6.45, 7) is 11.0. The van der Waals surface area contributed by atoms with Crippen LogP contribution in [0.5, 0.6) is 0 Å². The fraction of sp³-hybridized carbons (Fsp3) is 0.429. The van der Waals surface area contributed by atoms with E-state index in [9.17, 15) is 0 Å². The van der Waals surface area contributed by atoms with Crippen molar-refractivity contribution in [2.45, 2.75) is 26.4 Å². The first-order chi connectivity index (χ1) is 9.28. The fourth-order valence-corrected chi connectivity index (χ4v) is 1.03. The van der Waals surface area contributed by atoms with Crippen molar-refractivity contribution >= 4 is 0 Å². The van der Waals surface area contributed by atoms with Gasteiger partial charge >= 0.3 is 0 Å². The van der Waals surface area contributed by atoms with Crippen LogP contribution in [0.4, 0.5) is 0 Å². The number of ether oxygens (including phenoxy) is 5. The average molecular weight is 270 g/mol. The summed E-state index contributed by atoms with van der Waals surface area (Å²) in [6, 6.07) is 0. The maximum absolute atomic E-state index is 5.39. The first-order valence-electron chi connectivity index (χ1n) is 5.92. The van der Waals surface area contributed by atoms with E-state index >= 15 is 0 Å². The Balaban J connectivity index is 4.03. The lowest BCUT2D eigenvalue weighted by Crippen LogP contribution is -2.25. The van der Waals surface area contributed by atoms with Crippen molar-refractivity contribution in [3.05, 3.63) is 50.4 Å². The van der Waals surface area contributed by atoms with Gasteiger partial charge in [-0.15, -0.1) is 0 Å². The Bertz CT molecular complexity index is 258. The van der Waals surface area contributed by atoms with Crippen LogP contribution >= 0.6 is 0 Å². The van der Waals surface area contributed by atoms with Crippen molar-refractivity contribution in [1.82, 2.24) is 0 Å². The van der Waals surface area contributed by atoms with E-state index in [4.69, 9.17) is 23.7 Å². The minimum atomic E-state index is -0.556. The van der Waals surface area contributed by atoms with Gasteiger partial charge in [0, 0.05) is 0 Å². The molecular formula is C14H22O5. The van der Waals surface area contributed by atoms with Gasteiger partial charge in [0.05, 0.1) is 25.0 Å². The Kier molecular flexibility index (Phi) is 11.3. The molecule has 0 aliphatic carbocycles. The Morgan fingerprint density at radius 1 is 0.789 bits per heavy atom. The third kappa shape index (κ3) is 9.79. The minimum Gasteiger partial charge on any atom is -0.461 e. The quantitative estimate of drug-likeness (QED) is 0.403. The average Bonchev–Trinajstić information content (AvgIpc) is 2.42. The summed E-state index contributed by atoms with van der Waals surface area (Å²) in [5.41, 5.74) is 0. The van der Waals surface area contributed by atoms with Crippen LogP contribution < -0.4 is 0 Å². The van der Waals surface area contributed by atoms with Crippen LogP contribution in [0.25, 0.3) is 0 Å². The van der Waals surface area contributed by atoms with Crippen LogP contribution in [-0.4, -0.2) is 25.8 Å². The molecule has 5 heteroatoms. The highest BCUT2D eigenvalue weighted by Crippen LogP contribution is 2.02. The van der Waals surface area contributed by atoms with Gasteiger partial charge in [0.1, 0.15) is 13.2 Å². The zero-order valence-electron chi connectivity index (χ0n) is 11.5. The van der Waals surface area contributed by atoms with E-state index in [0.717, 1.165) is 0 Å². The minimum absolute atomic E-state index is 0.215. The summed E-state index contributed by atoms with van der Waals surface area (Å²) in [6.07, 6.45) is 8.02. The predicted molar refractivity (Wildman–Crippen MR) is 72.8 cm³/mol. The second-order valence-corrected chi connectivity index (χ2v) is 3.21. The molecule has 0 aromatic rings. The van der Waals surface area contributed by atoms with Crippen molar-refractivity contribution < 1.29 is 23.7 Å². The van der Waals surface area contributed by atoms with E-state index in [2.05, 4.69) is 13.2 Å². The highest BCUT2D eigenvalue weighted by Gasteiger charge is 2.12. The summed E-state index contributed by atoms with van der Waals surface area (Å²) >= 11 is 0. The number of hydrogen-bond acceptors (Lipinski definition) is 5. The van der Waals surface area contributed by atoms with Gasteiger partial charge in [-0.25, -0.2) is 0 Å². The summed E-state index contributed by atoms with van der Waals surface area (Å²) in [5.74, 6) is 0. The molecule has 2 atom stereocenters. The van der Waals surface area contributed by atoms with E-state index in [1.54, 1.807) is 12.2 Å². The molecule has 0 aromatic carbocycles. The highest BCUT2D eigenvalue weighted by atomic mass is 16.7. The van der Waals surface area contributed by atoms with Gasteiger partial charge < -0.3 is 23.7 Å². The Morgan fingerprint density at radius 3 is 1.53 bits per heavy atom. The summed E-state index contributed by atoms with van der Waals surface area (Å²) in [7, 11) is 0. The molecule has 0 spiro atoms. The zero-order valence-corrected chi connectivity index (χ0v) is 11.5. The summed E-state index contributed by atoms with van der Waals surface area (Å²) in [5, 5.41) is 0. The third-order valence-electron chi connectivity index (χ3n) is 1.74. The lowest BCUT2D eigenvalue weighted by atomic mass is 10.6. The van der Waals surface area contributed by atoms with Crippen LogP contribution in [0, 0.1) is 0 Å². The van der Waals surface area contributed by atoms with Crippen molar-refractivity contribution in [2.24, 2.45) is 0 Å². The van der Waals surface area contributed by atoms with Crippen molar-refractivity contribution in [2.75, 3.05) is 13.2 Å². The fourth-order valence-electron chi connectivity index (χ4n) is 1.03. The molecule has 0 bridgehead atoms. The molecule has 2 unspecified atom stereocenters. The molecule has 108 valence electrons. The van der Waals surface area contributed by atoms with E-state index in [-0.39, 0.29) is 13.2 Å². The molecule has 0 amide bonds. The Hall–Kier alpha value is -1.88. The molecule has 0 radical (unpaired) electrons. The highest BCUT2D eigenvalue weighted by molar-refractivity contribution is 4.68. The van der Waals surface area contributed by atoms with E-state index in [1.165, 1.54) is 25.0 Å². The van der Waals surface area contributed by atoms with Gasteiger partial charge in [0.2, 0.25) is 0 Å².